The summed E-state index contributed by atoms with van der Waals surface area (Å²) in [6.45, 7) is 0. The summed E-state index contributed by atoms with van der Waals surface area (Å²) in [7, 11) is 0. The SMILES string of the molecule is O=C(CSc1nnnn1-c1ccccc1)N1N=C2C(=Cc3ccccc3)CCCC2C1c1ccccc1. The van der Waals surface area contributed by atoms with Crippen LogP contribution in [0.3, 0.4) is 0 Å². The van der Waals surface area contributed by atoms with Gasteiger partial charge in [0, 0.05) is 5.92 Å². The van der Waals surface area contributed by atoms with Crippen molar-refractivity contribution >= 4 is 29.5 Å². The summed E-state index contributed by atoms with van der Waals surface area (Å²) in [4.78, 5) is 13.7. The maximum Gasteiger partial charge on any atom is 0.253 e. The molecule has 37 heavy (non-hydrogen) atoms. The molecule has 4 aromatic rings. The number of rotatable bonds is 6. The van der Waals surface area contributed by atoms with Gasteiger partial charge in [0.2, 0.25) is 5.16 Å². The number of para-hydroxylation sites is 1. The Balaban J connectivity index is 1.29. The van der Waals surface area contributed by atoms with Crippen LogP contribution in [0.25, 0.3) is 11.8 Å². The van der Waals surface area contributed by atoms with E-state index in [1.807, 2.05) is 66.7 Å². The molecule has 0 bridgehead atoms. The molecule has 184 valence electrons. The molecule has 0 spiro atoms. The van der Waals surface area contributed by atoms with Gasteiger partial charge in [0.1, 0.15) is 0 Å². The van der Waals surface area contributed by atoms with Gasteiger partial charge in [0.05, 0.1) is 23.2 Å². The van der Waals surface area contributed by atoms with Crippen molar-refractivity contribution in [3.05, 3.63) is 108 Å². The maximum atomic E-state index is 13.7. The van der Waals surface area contributed by atoms with Gasteiger partial charge in [-0.15, -0.1) is 5.10 Å². The smallest absolute Gasteiger partial charge is 0.253 e. The second-order valence-corrected chi connectivity index (χ2v) is 10.1. The lowest BCUT2D eigenvalue weighted by atomic mass is 9.77. The van der Waals surface area contributed by atoms with Crippen LogP contribution >= 0.6 is 11.8 Å². The standard InChI is InChI=1S/C29H26N6OS/c36-26(20-37-29-30-32-33-34(29)24-16-8-3-9-17-24)35-28(22-13-6-2-7-14-22)25-18-10-15-23(27(25)31-35)19-21-11-4-1-5-12-21/h1-9,11-14,16-17,19,25,28H,10,15,18,20H2. The summed E-state index contributed by atoms with van der Waals surface area (Å²) in [5.41, 5.74) is 5.38. The van der Waals surface area contributed by atoms with Gasteiger partial charge in [-0.2, -0.15) is 9.78 Å². The number of hydrogen-bond donors (Lipinski definition) is 0. The Kier molecular flexibility index (Phi) is 6.64. The zero-order valence-electron chi connectivity index (χ0n) is 20.2. The monoisotopic (exact) mass is 506 g/mol. The highest BCUT2D eigenvalue weighted by Crippen LogP contribution is 2.44. The number of thioether (sulfide) groups is 1. The van der Waals surface area contributed by atoms with Crippen LogP contribution in [0, 0.1) is 5.92 Å². The molecule has 0 saturated heterocycles. The van der Waals surface area contributed by atoms with Crippen molar-refractivity contribution in [3.8, 4) is 5.69 Å². The average Bonchev–Trinajstić information content (AvgIpc) is 3.59. The molecule has 1 saturated carbocycles. The number of nitrogens with zero attached hydrogens (tertiary/aromatic N) is 6. The highest BCUT2D eigenvalue weighted by molar-refractivity contribution is 7.99. The molecule has 2 atom stereocenters. The van der Waals surface area contributed by atoms with Gasteiger partial charge < -0.3 is 0 Å². The number of benzene rings is 3. The van der Waals surface area contributed by atoms with Crippen LogP contribution in [-0.2, 0) is 4.79 Å². The van der Waals surface area contributed by atoms with Crippen molar-refractivity contribution in [2.45, 2.75) is 30.5 Å². The number of tetrazole rings is 1. The highest BCUT2D eigenvalue weighted by atomic mass is 32.2. The Morgan fingerprint density at radius 1 is 0.946 bits per heavy atom. The first-order valence-electron chi connectivity index (χ1n) is 12.5. The average molecular weight is 507 g/mol. The Morgan fingerprint density at radius 2 is 1.65 bits per heavy atom. The van der Waals surface area contributed by atoms with Crippen LogP contribution < -0.4 is 0 Å². The van der Waals surface area contributed by atoms with Crippen LogP contribution in [0.2, 0.25) is 0 Å². The van der Waals surface area contributed by atoms with Gasteiger partial charge in [0.15, 0.2) is 0 Å². The number of allylic oxidation sites excluding steroid dienone is 1. The van der Waals surface area contributed by atoms with Crippen molar-refractivity contribution in [2.24, 2.45) is 11.0 Å². The first-order valence-corrected chi connectivity index (χ1v) is 13.4. The molecule has 1 aliphatic heterocycles. The second-order valence-electron chi connectivity index (χ2n) is 9.16. The minimum atomic E-state index is -0.117. The lowest BCUT2D eigenvalue weighted by molar-refractivity contribution is -0.130. The van der Waals surface area contributed by atoms with Crippen LogP contribution in [0.5, 0.6) is 0 Å². The fourth-order valence-electron chi connectivity index (χ4n) is 5.13. The number of hydrogen-bond acceptors (Lipinski definition) is 6. The topological polar surface area (TPSA) is 76.3 Å². The number of carbonyl (C=O) groups is 1. The minimum Gasteiger partial charge on any atom is -0.272 e. The molecule has 3 aromatic carbocycles. The van der Waals surface area contributed by atoms with Crippen LogP contribution in [0.15, 0.2) is 107 Å². The van der Waals surface area contributed by atoms with Crippen molar-refractivity contribution < 1.29 is 4.79 Å². The third-order valence-electron chi connectivity index (χ3n) is 6.81. The van der Waals surface area contributed by atoms with E-state index >= 15 is 0 Å². The fourth-order valence-corrected chi connectivity index (χ4v) is 5.88. The molecule has 1 aliphatic carbocycles. The second kappa shape index (κ2) is 10.5. The summed E-state index contributed by atoms with van der Waals surface area (Å²) < 4.78 is 1.66. The first-order chi connectivity index (χ1) is 18.3. The molecule has 1 amide bonds. The molecule has 2 aliphatic rings. The van der Waals surface area contributed by atoms with E-state index in [-0.39, 0.29) is 23.6 Å². The van der Waals surface area contributed by atoms with Gasteiger partial charge in [-0.3, -0.25) is 4.79 Å². The lowest BCUT2D eigenvalue weighted by Gasteiger charge is -2.29. The zero-order chi connectivity index (χ0) is 25.0. The van der Waals surface area contributed by atoms with Gasteiger partial charge in [0.25, 0.3) is 5.91 Å². The summed E-state index contributed by atoms with van der Waals surface area (Å²) in [5.74, 6) is 0.315. The Labute approximate surface area is 219 Å². The lowest BCUT2D eigenvalue weighted by Crippen LogP contribution is -2.32. The molecule has 0 radical (unpaired) electrons. The maximum absolute atomic E-state index is 13.7. The van der Waals surface area contributed by atoms with Gasteiger partial charge in [-0.1, -0.05) is 90.6 Å². The summed E-state index contributed by atoms with van der Waals surface area (Å²) in [6.07, 6.45) is 5.28. The van der Waals surface area contributed by atoms with E-state index in [0.717, 1.165) is 41.8 Å². The van der Waals surface area contributed by atoms with Gasteiger partial charge >= 0.3 is 0 Å². The third-order valence-corrected chi connectivity index (χ3v) is 7.71. The molecular formula is C29H26N6OS. The number of carbonyl (C=O) groups excluding carboxylic acids is 1. The summed E-state index contributed by atoms with van der Waals surface area (Å²) in [5, 5.41) is 19.4. The summed E-state index contributed by atoms with van der Waals surface area (Å²) >= 11 is 1.33. The molecule has 8 heteroatoms. The van der Waals surface area contributed by atoms with Crippen LogP contribution in [-0.4, -0.2) is 42.6 Å². The molecule has 1 aromatic heterocycles. The molecule has 7 nitrogen and oxygen atoms in total. The first kappa shape index (κ1) is 23.4. The summed E-state index contributed by atoms with van der Waals surface area (Å²) in [6, 6.07) is 30.2. The number of hydrazone groups is 1. The number of aromatic nitrogens is 4. The van der Waals surface area contributed by atoms with Crippen LogP contribution in [0.1, 0.15) is 36.4 Å². The minimum absolute atomic E-state index is 0.0533. The normalized spacial score (nSPS) is 20.1. The van der Waals surface area contributed by atoms with E-state index < -0.39 is 0 Å². The van der Waals surface area contributed by atoms with Crippen molar-refractivity contribution in [3.63, 3.8) is 0 Å². The molecule has 1 fully saturated rings. The van der Waals surface area contributed by atoms with Crippen molar-refractivity contribution in [1.29, 1.82) is 0 Å². The quantitative estimate of drug-likeness (QED) is 0.319. The molecule has 2 unspecified atom stereocenters. The number of fused-ring (bicyclic) bond motifs is 1. The van der Waals surface area contributed by atoms with E-state index in [1.165, 1.54) is 17.3 Å². The molecule has 2 heterocycles. The molecule has 6 rings (SSSR count). The van der Waals surface area contributed by atoms with E-state index in [9.17, 15) is 4.79 Å². The third kappa shape index (κ3) is 4.84. The Bertz CT molecular complexity index is 1440. The predicted octanol–water partition coefficient (Wildman–Crippen LogP) is 5.58. The number of amides is 1. The van der Waals surface area contributed by atoms with Gasteiger partial charge in [-0.05, 0) is 64.6 Å². The molecule has 0 N–H and O–H groups in total. The fraction of sp³-hybridized carbons (Fsp3) is 0.207. The zero-order valence-corrected chi connectivity index (χ0v) is 21.0. The molecular weight excluding hydrogens is 480 g/mol. The largest absolute Gasteiger partial charge is 0.272 e. The van der Waals surface area contributed by atoms with E-state index in [4.69, 9.17) is 5.10 Å². The Hall–Kier alpha value is -4.04. The van der Waals surface area contributed by atoms with E-state index in [2.05, 4.69) is 45.9 Å². The van der Waals surface area contributed by atoms with Gasteiger partial charge in [-0.25, -0.2) is 5.01 Å². The highest BCUT2D eigenvalue weighted by Gasteiger charge is 2.43. The van der Waals surface area contributed by atoms with Crippen molar-refractivity contribution in [1.82, 2.24) is 25.2 Å². The Morgan fingerprint density at radius 3 is 2.41 bits per heavy atom. The van der Waals surface area contributed by atoms with Crippen LogP contribution in [0.4, 0.5) is 0 Å². The van der Waals surface area contributed by atoms with E-state index in [1.54, 1.807) is 9.69 Å². The van der Waals surface area contributed by atoms with Crippen molar-refractivity contribution in [2.75, 3.05) is 5.75 Å². The predicted molar refractivity (Wildman–Crippen MR) is 145 cm³/mol. The van der Waals surface area contributed by atoms with E-state index in [0.29, 0.717) is 5.16 Å².